The van der Waals surface area contributed by atoms with Crippen molar-refractivity contribution in [1.82, 2.24) is 10.2 Å². The Bertz CT molecular complexity index is 407. The van der Waals surface area contributed by atoms with Crippen molar-refractivity contribution in [3.05, 3.63) is 34.9 Å². The molecule has 20 heavy (non-hydrogen) atoms. The predicted octanol–water partition coefficient (Wildman–Crippen LogP) is 3.10. The molecule has 0 radical (unpaired) electrons. The van der Waals surface area contributed by atoms with Gasteiger partial charge >= 0.3 is 0 Å². The molecule has 3 nitrogen and oxygen atoms in total. The first-order valence-corrected chi connectivity index (χ1v) is 7.79. The number of rotatable bonds is 7. The minimum atomic E-state index is 0.348. The maximum Gasteiger partial charge on any atom is 0.0702 e. The number of likely N-dealkylation sites (N-methyl/N-ethyl adjacent to an activating group) is 1. The average molecular weight is 297 g/mol. The molecule has 0 aliphatic carbocycles. The van der Waals surface area contributed by atoms with Crippen LogP contribution in [-0.2, 0) is 4.74 Å². The molecule has 1 fully saturated rings. The Kier molecular flexibility index (Phi) is 6.30. The Balaban J connectivity index is 1.80. The molecular formula is C16H25ClN2O. The van der Waals surface area contributed by atoms with Crippen LogP contribution in [0.2, 0.25) is 5.02 Å². The van der Waals surface area contributed by atoms with E-state index in [1.54, 1.807) is 0 Å². The number of hydrogen-bond acceptors (Lipinski definition) is 3. The van der Waals surface area contributed by atoms with Gasteiger partial charge in [0.2, 0.25) is 0 Å². The molecule has 1 N–H and O–H groups in total. The fourth-order valence-corrected chi connectivity index (χ4v) is 2.98. The molecule has 4 heteroatoms. The van der Waals surface area contributed by atoms with Gasteiger partial charge in [0.1, 0.15) is 0 Å². The van der Waals surface area contributed by atoms with E-state index in [2.05, 4.69) is 23.3 Å². The fourth-order valence-electron chi connectivity index (χ4n) is 2.78. The van der Waals surface area contributed by atoms with Crippen LogP contribution in [0.1, 0.15) is 30.9 Å². The number of ether oxygens (including phenoxy) is 1. The Morgan fingerprint density at radius 1 is 1.50 bits per heavy atom. The van der Waals surface area contributed by atoms with Gasteiger partial charge in [-0.1, -0.05) is 23.7 Å². The standard InChI is InChI=1S/C16H25ClN2O/c1-18-16(13-5-3-6-14(17)11-13)8-9-19(2)12-15-7-4-10-20-15/h3,5-6,11,15-16,18H,4,7-10,12H2,1-2H3. The van der Waals surface area contributed by atoms with Crippen LogP contribution < -0.4 is 5.32 Å². The van der Waals surface area contributed by atoms with Gasteiger partial charge in [-0.05, 0) is 57.6 Å². The minimum absolute atomic E-state index is 0.348. The van der Waals surface area contributed by atoms with Crippen LogP contribution in [-0.4, -0.2) is 44.8 Å². The molecule has 0 amide bonds. The number of benzene rings is 1. The second-order valence-corrected chi connectivity index (χ2v) is 6.02. The first-order valence-electron chi connectivity index (χ1n) is 7.42. The van der Waals surface area contributed by atoms with Gasteiger partial charge in [0, 0.05) is 24.2 Å². The zero-order valence-electron chi connectivity index (χ0n) is 12.4. The van der Waals surface area contributed by atoms with Crippen LogP contribution >= 0.6 is 11.6 Å². The number of nitrogens with one attached hydrogen (secondary N) is 1. The number of nitrogens with zero attached hydrogens (tertiary/aromatic N) is 1. The maximum atomic E-state index is 6.07. The van der Waals surface area contributed by atoms with E-state index in [0.29, 0.717) is 12.1 Å². The summed E-state index contributed by atoms with van der Waals surface area (Å²) in [6, 6.07) is 8.45. The zero-order chi connectivity index (χ0) is 14.4. The molecule has 2 rings (SSSR count). The van der Waals surface area contributed by atoms with Crippen molar-refractivity contribution >= 4 is 11.6 Å². The molecule has 0 aromatic heterocycles. The van der Waals surface area contributed by atoms with E-state index in [4.69, 9.17) is 16.3 Å². The van der Waals surface area contributed by atoms with Gasteiger partial charge in [-0.15, -0.1) is 0 Å². The smallest absolute Gasteiger partial charge is 0.0702 e. The highest BCUT2D eigenvalue weighted by molar-refractivity contribution is 6.30. The van der Waals surface area contributed by atoms with Gasteiger partial charge in [0.25, 0.3) is 0 Å². The quantitative estimate of drug-likeness (QED) is 0.837. The highest BCUT2D eigenvalue weighted by Crippen LogP contribution is 2.21. The second kappa shape index (κ2) is 7.99. The van der Waals surface area contributed by atoms with Crippen LogP contribution in [0.15, 0.2) is 24.3 Å². The van der Waals surface area contributed by atoms with E-state index in [-0.39, 0.29) is 0 Å². The summed E-state index contributed by atoms with van der Waals surface area (Å²) in [5.41, 5.74) is 1.26. The Hall–Kier alpha value is -0.610. The molecule has 1 saturated heterocycles. The molecule has 2 unspecified atom stereocenters. The van der Waals surface area contributed by atoms with E-state index < -0.39 is 0 Å². The van der Waals surface area contributed by atoms with E-state index in [0.717, 1.165) is 31.1 Å². The molecule has 1 aliphatic heterocycles. The van der Waals surface area contributed by atoms with E-state index >= 15 is 0 Å². The molecule has 2 atom stereocenters. The monoisotopic (exact) mass is 296 g/mol. The minimum Gasteiger partial charge on any atom is -0.377 e. The normalized spacial score (nSPS) is 20.5. The van der Waals surface area contributed by atoms with Crippen molar-refractivity contribution in [2.45, 2.75) is 31.4 Å². The average Bonchev–Trinajstić information content (AvgIpc) is 2.92. The molecule has 0 saturated carbocycles. The highest BCUT2D eigenvalue weighted by atomic mass is 35.5. The Labute approximate surface area is 127 Å². The SMILES string of the molecule is CNC(CCN(C)CC1CCCO1)c1cccc(Cl)c1. The third-order valence-electron chi connectivity index (χ3n) is 3.94. The van der Waals surface area contributed by atoms with Gasteiger partial charge in [-0.3, -0.25) is 0 Å². The van der Waals surface area contributed by atoms with Gasteiger partial charge < -0.3 is 15.0 Å². The molecule has 1 aliphatic rings. The Morgan fingerprint density at radius 3 is 3.00 bits per heavy atom. The van der Waals surface area contributed by atoms with Gasteiger partial charge in [0.05, 0.1) is 6.10 Å². The van der Waals surface area contributed by atoms with E-state index in [1.165, 1.54) is 18.4 Å². The summed E-state index contributed by atoms with van der Waals surface area (Å²) in [5, 5.41) is 4.18. The summed E-state index contributed by atoms with van der Waals surface area (Å²) in [6.45, 7) is 3.02. The largest absolute Gasteiger partial charge is 0.377 e. The third kappa shape index (κ3) is 4.74. The third-order valence-corrected chi connectivity index (χ3v) is 4.17. The first-order chi connectivity index (χ1) is 9.69. The lowest BCUT2D eigenvalue weighted by Gasteiger charge is -2.24. The lowest BCUT2D eigenvalue weighted by molar-refractivity contribution is 0.0801. The first kappa shape index (κ1) is 15.8. The maximum absolute atomic E-state index is 6.07. The topological polar surface area (TPSA) is 24.5 Å². The van der Waals surface area contributed by atoms with Crippen molar-refractivity contribution in [3.8, 4) is 0 Å². The lowest BCUT2D eigenvalue weighted by Crippen LogP contribution is -2.31. The molecule has 112 valence electrons. The number of hydrogen-bond donors (Lipinski definition) is 1. The van der Waals surface area contributed by atoms with Crippen LogP contribution in [0.5, 0.6) is 0 Å². The molecular weight excluding hydrogens is 272 g/mol. The molecule has 0 bridgehead atoms. The zero-order valence-corrected chi connectivity index (χ0v) is 13.2. The van der Waals surface area contributed by atoms with Crippen molar-refractivity contribution in [3.63, 3.8) is 0 Å². The van der Waals surface area contributed by atoms with Crippen LogP contribution in [0.3, 0.4) is 0 Å². The summed E-state index contributed by atoms with van der Waals surface area (Å²) in [6.07, 6.45) is 3.91. The predicted molar refractivity (Wildman–Crippen MR) is 84.3 cm³/mol. The van der Waals surface area contributed by atoms with Crippen LogP contribution in [0.25, 0.3) is 0 Å². The molecule has 1 aromatic rings. The molecule has 1 aromatic carbocycles. The fraction of sp³-hybridized carbons (Fsp3) is 0.625. The van der Waals surface area contributed by atoms with Gasteiger partial charge in [-0.25, -0.2) is 0 Å². The van der Waals surface area contributed by atoms with E-state index in [9.17, 15) is 0 Å². The lowest BCUT2D eigenvalue weighted by atomic mass is 10.0. The molecule has 0 spiro atoms. The van der Waals surface area contributed by atoms with Crippen molar-refractivity contribution in [2.75, 3.05) is 33.8 Å². The summed E-state index contributed by atoms with van der Waals surface area (Å²) in [5.74, 6) is 0. The van der Waals surface area contributed by atoms with Gasteiger partial charge in [0.15, 0.2) is 0 Å². The summed E-state index contributed by atoms with van der Waals surface area (Å²) in [7, 11) is 4.18. The summed E-state index contributed by atoms with van der Waals surface area (Å²) < 4.78 is 5.68. The van der Waals surface area contributed by atoms with Crippen molar-refractivity contribution in [2.24, 2.45) is 0 Å². The highest BCUT2D eigenvalue weighted by Gasteiger charge is 2.18. The summed E-state index contributed by atoms with van der Waals surface area (Å²) in [4.78, 5) is 2.37. The van der Waals surface area contributed by atoms with Gasteiger partial charge in [-0.2, -0.15) is 0 Å². The second-order valence-electron chi connectivity index (χ2n) is 5.58. The molecule has 1 heterocycles. The van der Waals surface area contributed by atoms with Crippen LogP contribution in [0.4, 0.5) is 0 Å². The number of halogens is 1. The van der Waals surface area contributed by atoms with Crippen molar-refractivity contribution < 1.29 is 4.74 Å². The van der Waals surface area contributed by atoms with Crippen LogP contribution in [0, 0.1) is 0 Å². The van der Waals surface area contributed by atoms with E-state index in [1.807, 2.05) is 25.2 Å². The Morgan fingerprint density at radius 2 is 2.35 bits per heavy atom. The van der Waals surface area contributed by atoms with Crippen molar-refractivity contribution in [1.29, 1.82) is 0 Å². The summed E-state index contributed by atoms with van der Waals surface area (Å²) >= 11 is 6.07.